The van der Waals surface area contributed by atoms with E-state index in [2.05, 4.69) is 32.7 Å². The van der Waals surface area contributed by atoms with Crippen molar-refractivity contribution in [1.29, 1.82) is 0 Å². The number of thiophene rings is 1. The molecule has 1 aromatic heterocycles. The molecule has 0 saturated heterocycles. The van der Waals surface area contributed by atoms with E-state index in [9.17, 15) is 4.79 Å². The number of halogens is 1. The zero-order chi connectivity index (χ0) is 13.0. The SMILES string of the molecule is O=C(O)C1CCC(CNCc2sccc2Br)CC1. The molecule has 0 atom stereocenters. The lowest BCUT2D eigenvalue weighted by Crippen LogP contribution is -2.28. The monoisotopic (exact) mass is 331 g/mol. The Kier molecular flexibility index (Phi) is 5.21. The van der Waals surface area contributed by atoms with Crippen LogP contribution in [-0.4, -0.2) is 17.6 Å². The normalized spacial score (nSPS) is 24.1. The molecule has 0 unspecified atom stereocenters. The van der Waals surface area contributed by atoms with Crippen LogP contribution in [0.25, 0.3) is 0 Å². The molecule has 0 amide bonds. The Morgan fingerprint density at radius 1 is 1.44 bits per heavy atom. The zero-order valence-corrected chi connectivity index (χ0v) is 12.6. The van der Waals surface area contributed by atoms with E-state index in [-0.39, 0.29) is 5.92 Å². The molecule has 1 aromatic rings. The number of hydrogen-bond acceptors (Lipinski definition) is 3. The molecule has 1 aliphatic carbocycles. The Bertz CT molecular complexity index is 399. The van der Waals surface area contributed by atoms with Gasteiger partial charge in [0.1, 0.15) is 0 Å². The number of carboxylic acid groups (broad SMARTS) is 1. The van der Waals surface area contributed by atoms with Crippen LogP contribution in [0.5, 0.6) is 0 Å². The van der Waals surface area contributed by atoms with Gasteiger partial charge in [-0.15, -0.1) is 11.3 Å². The topological polar surface area (TPSA) is 49.3 Å². The summed E-state index contributed by atoms with van der Waals surface area (Å²) in [7, 11) is 0. The third-order valence-corrected chi connectivity index (χ3v) is 5.53. The second-order valence-corrected chi connectivity index (χ2v) is 6.73. The highest BCUT2D eigenvalue weighted by Crippen LogP contribution is 2.28. The minimum absolute atomic E-state index is 0.104. The zero-order valence-electron chi connectivity index (χ0n) is 10.2. The molecule has 0 bridgehead atoms. The third-order valence-electron chi connectivity index (χ3n) is 3.61. The summed E-state index contributed by atoms with van der Waals surface area (Å²) < 4.78 is 1.18. The van der Waals surface area contributed by atoms with Crippen molar-refractivity contribution in [3.8, 4) is 0 Å². The van der Waals surface area contributed by atoms with Gasteiger partial charge in [0.25, 0.3) is 0 Å². The van der Waals surface area contributed by atoms with Crippen molar-refractivity contribution in [1.82, 2.24) is 5.32 Å². The van der Waals surface area contributed by atoms with E-state index in [0.717, 1.165) is 38.8 Å². The van der Waals surface area contributed by atoms with Gasteiger partial charge in [0.15, 0.2) is 0 Å². The number of aliphatic carboxylic acids is 1. The molecule has 0 aromatic carbocycles. The molecule has 5 heteroatoms. The van der Waals surface area contributed by atoms with Crippen molar-refractivity contribution in [3.05, 3.63) is 20.8 Å². The Hall–Kier alpha value is -0.390. The molecule has 2 rings (SSSR count). The molecule has 0 radical (unpaired) electrons. The van der Waals surface area contributed by atoms with Gasteiger partial charge < -0.3 is 10.4 Å². The summed E-state index contributed by atoms with van der Waals surface area (Å²) in [6.07, 6.45) is 3.75. The molecule has 100 valence electrons. The lowest BCUT2D eigenvalue weighted by molar-refractivity contribution is -0.143. The van der Waals surface area contributed by atoms with E-state index < -0.39 is 5.97 Å². The maximum Gasteiger partial charge on any atom is 0.306 e. The van der Waals surface area contributed by atoms with Gasteiger partial charge in [0.2, 0.25) is 0 Å². The maximum atomic E-state index is 10.8. The second kappa shape index (κ2) is 6.68. The molecule has 1 heterocycles. The number of rotatable bonds is 5. The molecule has 18 heavy (non-hydrogen) atoms. The van der Waals surface area contributed by atoms with E-state index in [1.165, 1.54) is 9.35 Å². The van der Waals surface area contributed by atoms with Gasteiger partial charge in [-0.25, -0.2) is 0 Å². The van der Waals surface area contributed by atoms with Gasteiger partial charge in [0.05, 0.1) is 5.92 Å². The van der Waals surface area contributed by atoms with E-state index in [1.54, 1.807) is 11.3 Å². The fourth-order valence-electron chi connectivity index (χ4n) is 2.45. The van der Waals surface area contributed by atoms with Gasteiger partial charge in [-0.3, -0.25) is 4.79 Å². The van der Waals surface area contributed by atoms with Crippen molar-refractivity contribution in [2.75, 3.05) is 6.54 Å². The summed E-state index contributed by atoms with van der Waals surface area (Å²) in [6, 6.07) is 2.07. The predicted molar refractivity (Wildman–Crippen MR) is 76.8 cm³/mol. The van der Waals surface area contributed by atoms with Gasteiger partial charge in [-0.05, 0) is 65.5 Å². The smallest absolute Gasteiger partial charge is 0.306 e. The van der Waals surface area contributed by atoms with E-state index in [1.807, 2.05) is 0 Å². The average Bonchev–Trinajstić information content (AvgIpc) is 2.76. The Morgan fingerprint density at radius 2 is 2.17 bits per heavy atom. The van der Waals surface area contributed by atoms with E-state index >= 15 is 0 Å². The fourth-order valence-corrected chi connectivity index (χ4v) is 3.92. The summed E-state index contributed by atoms with van der Waals surface area (Å²) in [4.78, 5) is 12.2. The predicted octanol–water partition coefficient (Wildman–Crippen LogP) is 3.49. The average molecular weight is 332 g/mol. The van der Waals surface area contributed by atoms with Crippen molar-refractivity contribution >= 4 is 33.2 Å². The lowest BCUT2D eigenvalue weighted by Gasteiger charge is -2.26. The molecule has 0 spiro atoms. The molecular weight excluding hydrogens is 314 g/mol. The van der Waals surface area contributed by atoms with Gasteiger partial charge >= 0.3 is 5.97 Å². The fraction of sp³-hybridized carbons (Fsp3) is 0.615. The van der Waals surface area contributed by atoms with Crippen molar-refractivity contribution in [3.63, 3.8) is 0 Å². The number of carbonyl (C=O) groups is 1. The minimum Gasteiger partial charge on any atom is -0.481 e. The molecule has 1 aliphatic rings. The summed E-state index contributed by atoms with van der Waals surface area (Å²) in [6.45, 7) is 1.90. The number of hydrogen-bond donors (Lipinski definition) is 2. The Morgan fingerprint density at radius 3 is 2.72 bits per heavy atom. The quantitative estimate of drug-likeness (QED) is 0.868. The van der Waals surface area contributed by atoms with Crippen LogP contribution in [0.3, 0.4) is 0 Å². The summed E-state index contributed by atoms with van der Waals surface area (Å²) >= 11 is 5.27. The molecule has 3 nitrogen and oxygen atoms in total. The Balaban J connectivity index is 1.67. The summed E-state index contributed by atoms with van der Waals surface area (Å²) in [5.41, 5.74) is 0. The van der Waals surface area contributed by atoms with Crippen LogP contribution in [0.15, 0.2) is 15.9 Å². The third kappa shape index (κ3) is 3.80. The van der Waals surface area contributed by atoms with Crippen LogP contribution in [-0.2, 0) is 11.3 Å². The maximum absolute atomic E-state index is 10.8. The highest BCUT2D eigenvalue weighted by Gasteiger charge is 2.25. The van der Waals surface area contributed by atoms with Crippen LogP contribution in [0.1, 0.15) is 30.6 Å². The summed E-state index contributed by atoms with van der Waals surface area (Å²) in [5, 5.41) is 14.5. The highest BCUT2D eigenvalue weighted by atomic mass is 79.9. The van der Waals surface area contributed by atoms with Crippen LogP contribution in [0.2, 0.25) is 0 Å². The van der Waals surface area contributed by atoms with E-state index in [4.69, 9.17) is 5.11 Å². The van der Waals surface area contributed by atoms with Crippen molar-refractivity contribution < 1.29 is 9.90 Å². The van der Waals surface area contributed by atoms with Crippen LogP contribution < -0.4 is 5.32 Å². The standard InChI is InChI=1S/C13H18BrNO2S/c14-11-5-6-18-12(11)8-15-7-9-1-3-10(4-2-9)13(16)17/h5-6,9-10,15H,1-4,7-8H2,(H,16,17). The first kappa shape index (κ1) is 14.0. The molecule has 2 N–H and O–H groups in total. The first-order chi connectivity index (χ1) is 8.66. The molecule has 1 fully saturated rings. The largest absolute Gasteiger partial charge is 0.481 e. The molecular formula is C13H18BrNO2S. The lowest BCUT2D eigenvalue weighted by atomic mass is 9.82. The minimum atomic E-state index is -0.621. The van der Waals surface area contributed by atoms with Crippen molar-refractivity contribution in [2.45, 2.75) is 32.2 Å². The van der Waals surface area contributed by atoms with Gasteiger partial charge in [-0.2, -0.15) is 0 Å². The first-order valence-electron chi connectivity index (χ1n) is 6.32. The van der Waals surface area contributed by atoms with Crippen LogP contribution in [0, 0.1) is 11.8 Å². The van der Waals surface area contributed by atoms with Crippen LogP contribution >= 0.6 is 27.3 Å². The Labute approximate surface area is 120 Å². The van der Waals surface area contributed by atoms with Gasteiger partial charge in [0, 0.05) is 15.9 Å². The summed E-state index contributed by atoms with van der Waals surface area (Å²) in [5.74, 6) is -0.0871. The van der Waals surface area contributed by atoms with Gasteiger partial charge in [-0.1, -0.05) is 0 Å². The molecule has 0 aliphatic heterocycles. The second-order valence-electron chi connectivity index (χ2n) is 4.88. The molecule has 1 saturated carbocycles. The first-order valence-corrected chi connectivity index (χ1v) is 7.99. The van der Waals surface area contributed by atoms with E-state index in [0.29, 0.717) is 5.92 Å². The van der Waals surface area contributed by atoms with Crippen LogP contribution in [0.4, 0.5) is 0 Å². The highest BCUT2D eigenvalue weighted by molar-refractivity contribution is 9.10. The van der Waals surface area contributed by atoms with Crippen molar-refractivity contribution in [2.24, 2.45) is 11.8 Å². The number of carboxylic acids is 1. The number of nitrogens with one attached hydrogen (secondary N) is 1.